The van der Waals surface area contributed by atoms with Gasteiger partial charge in [-0.1, -0.05) is 0 Å². The first-order valence-electron chi connectivity index (χ1n) is 4.98. The van der Waals surface area contributed by atoms with Gasteiger partial charge in [0.05, 0.1) is 7.11 Å². The van der Waals surface area contributed by atoms with Crippen LogP contribution in [0.5, 0.6) is 0 Å². The van der Waals surface area contributed by atoms with Crippen molar-refractivity contribution in [2.75, 3.05) is 13.7 Å². The number of rotatable bonds is 1. The molecule has 0 aromatic carbocycles. The molecule has 0 aromatic heterocycles. The largest absolute Gasteiger partial charge is 0.493 e. The Labute approximate surface area is 91.9 Å². The van der Waals surface area contributed by atoms with Crippen molar-refractivity contribution in [2.45, 2.75) is 18.4 Å². The summed E-state index contributed by atoms with van der Waals surface area (Å²) in [5.74, 6) is -0.833. The Morgan fingerprint density at radius 1 is 1.56 bits per heavy atom. The van der Waals surface area contributed by atoms with E-state index in [2.05, 4.69) is 10.1 Å². The van der Waals surface area contributed by atoms with Crippen molar-refractivity contribution in [1.82, 2.24) is 5.32 Å². The standard InChI is InChI=1S/C10H11N3O3/c1-16-7-5-6(14)8(13-11)10(9(7)15)3-2-4-12-10/h5,12H,2-4H2,1H3. The van der Waals surface area contributed by atoms with Crippen LogP contribution in [0.25, 0.3) is 5.53 Å². The van der Waals surface area contributed by atoms with E-state index in [4.69, 9.17) is 10.3 Å². The highest BCUT2D eigenvalue weighted by Gasteiger charge is 2.58. The average molecular weight is 221 g/mol. The third-order valence-corrected chi connectivity index (χ3v) is 2.99. The molecule has 0 bridgehead atoms. The monoisotopic (exact) mass is 221 g/mol. The number of nitrogens with one attached hydrogen (secondary N) is 1. The number of hydrogen-bond donors (Lipinski definition) is 1. The molecule has 1 aliphatic carbocycles. The number of carbonyl (C=O) groups excluding carboxylic acids is 2. The van der Waals surface area contributed by atoms with Gasteiger partial charge < -0.3 is 10.3 Å². The summed E-state index contributed by atoms with van der Waals surface area (Å²) in [5, 5.41) is 2.94. The van der Waals surface area contributed by atoms with E-state index in [-0.39, 0.29) is 17.3 Å². The lowest BCUT2D eigenvalue weighted by atomic mass is 9.80. The lowest BCUT2D eigenvalue weighted by Crippen LogP contribution is -2.60. The maximum atomic E-state index is 12.1. The molecular formula is C10H11N3O3. The number of carbonyl (C=O) groups is 2. The number of Topliss-reactive ketones (excluding diaryl/α,β-unsaturated/α-hetero) is 1. The molecular weight excluding hydrogens is 210 g/mol. The SMILES string of the molecule is COC1=CC(=O)C(=[N+]=[N-])C2(CCCN2)C1=O. The molecule has 1 unspecified atom stereocenters. The Hall–Kier alpha value is -1.78. The molecule has 16 heavy (non-hydrogen) atoms. The second kappa shape index (κ2) is 3.66. The van der Waals surface area contributed by atoms with Crippen LogP contribution in [0.2, 0.25) is 0 Å². The molecule has 2 rings (SSSR count). The molecule has 0 amide bonds. The minimum atomic E-state index is -1.19. The molecule has 1 spiro atoms. The number of ether oxygens (including phenoxy) is 1. The number of allylic oxidation sites excluding steroid dienone is 1. The Balaban J connectivity index is 2.58. The molecule has 1 atom stereocenters. The zero-order valence-corrected chi connectivity index (χ0v) is 8.82. The summed E-state index contributed by atoms with van der Waals surface area (Å²) in [6, 6.07) is 0. The highest BCUT2D eigenvalue weighted by Crippen LogP contribution is 2.28. The average Bonchev–Trinajstić information content (AvgIpc) is 2.74. The van der Waals surface area contributed by atoms with Crippen molar-refractivity contribution in [2.24, 2.45) is 0 Å². The molecule has 84 valence electrons. The van der Waals surface area contributed by atoms with Gasteiger partial charge in [-0.05, 0) is 19.4 Å². The van der Waals surface area contributed by atoms with Crippen LogP contribution in [0.1, 0.15) is 12.8 Å². The van der Waals surface area contributed by atoms with Gasteiger partial charge in [-0.3, -0.25) is 14.9 Å². The van der Waals surface area contributed by atoms with Crippen LogP contribution in [0.3, 0.4) is 0 Å². The highest BCUT2D eigenvalue weighted by molar-refractivity contribution is 6.52. The highest BCUT2D eigenvalue weighted by atomic mass is 16.5. The summed E-state index contributed by atoms with van der Waals surface area (Å²) in [5.41, 5.74) is 7.54. The van der Waals surface area contributed by atoms with Crippen molar-refractivity contribution >= 4 is 17.3 Å². The lowest BCUT2D eigenvalue weighted by molar-refractivity contribution is -0.127. The molecule has 6 heteroatoms. The van der Waals surface area contributed by atoms with Gasteiger partial charge in [-0.15, -0.1) is 0 Å². The maximum Gasteiger partial charge on any atom is 0.366 e. The van der Waals surface area contributed by atoms with E-state index < -0.39 is 11.3 Å². The van der Waals surface area contributed by atoms with Gasteiger partial charge in [-0.2, -0.15) is 4.79 Å². The van der Waals surface area contributed by atoms with Crippen LogP contribution in [-0.2, 0) is 14.3 Å². The second-order valence-electron chi connectivity index (χ2n) is 3.79. The molecule has 6 nitrogen and oxygen atoms in total. The molecule has 0 radical (unpaired) electrons. The first-order chi connectivity index (χ1) is 7.65. The normalized spacial score (nSPS) is 29.3. The molecule has 1 fully saturated rings. The van der Waals surface area contributed by atoms with E-state index in [0.717, 1.165) is 12.5 Å². The van der Waals surface area contributed by atoms with Crippen LogP contribution < -0.4 is 5.32 Å². The third-order valence-electron chi connectivity index (χ3n) is 2.99. The molecule has 1 saturated heterocycles. The van der Waals surface area contributed by atoms with Gasteiger partial charge in [0.25, 0.3) is 5.78 Å². The Morgan fingerprint density at radius 3 is 2.81 bits per heavy atom. The first-order valence-corrected chi connectivity index (χ1v) is 4.98. The molecule has 1 heterocycles. The van der Waals surface area contributed by atoms with Crippen molar-refractivity contribution in [3.63, 3.8) is 0 Å². The van der Waals surface area contributed by atoms with Crippen molar-refractivity contribution < 1.29 is 19.1 Å². The molecule has 1 aliphatic heterocycles. The van der Waals surface area contributed by atoms with Crippen molar-refractivity contribution in [1.29, 1.82) is 0 Å². The van der Waals surface area contributed by atoms with Crippen molar-refractivity contribution in [3.05, 3.63) is 17.4 Å². The Morgan fingerprint density at radius 2 is 2.31 bits per heavy atom. The first kappa shape index (κ1) is 10.7. The molecule has 2 aliphatic rings. The van der Waals surface area contributed by atoms with Gasteiger partial charge in [0.2, 0.25) is 5.78 Å². The van der Waals surface area contributed by atoms with Gasteiger partial charge >= 0.3 is 5.71 Å². The minimum absolute atomic E-state index is 0.00630. The fourth-order valence-electron chi connectivity index (χ4n) is 2.21. The Bertz CT molecular complexity index is 440. The summed E-state index contributed by atoms with van der Waals surface area (Å²) in [6.45, 7) is 0.606. The van der Waals surface area contributed by atoms with Gasteiger partial charge in [0.1, 0.15) is 0 Å². The lowest BCUT2D eigenvalue weighted by Gasteiger charge is -2.25. The van der Waals surface area contributed by atoms with Crippen LogP contribution in [0.15, 0.2) is 11.8 Å². The minimum Gasteiger partial charge on any atom is -0.493 e. The number of ketones is 2. The number of hydrogen-bond acceptors (Lipinski definition) is 4. The van der Waals surface area contributed by atoms with Crippen LogP contribution in [0, 0.1) is 0 Å². The quantitative estimate of drug-likeness (QED) is 0.475. The topological polar surface area (TPSA) is 91.8 Å². The Kier molecular flexibility index (Phi) is 2.46. The van der Waals surface area contributed by atoms with E-state index in [1.807, 2.05) is 0 Å². The molecule has 0 aromatic rings. The molecule has 0 saturated carbocycles. The summed E-state index contributed by atoms with van der Waals surface area (Å²) in [6.07, 6.45) is 2.25. The smallest absolute Gasteiger partial charge is 0.366 e. The van der Waals surface area contributed by atoms with E-state index >= 15 is 0 Å². The van der Waals surface area contributed by atoms with E-state index in [1.165, 1.54) is 7.11 Å². The van der Waals surface area contributed by atoms with Crippen molar-refractivity contribution in [3.8, 4) is 0 Å². The zero-order chi connectivity index (χ0) is 11.8. The van der Waals surface area contributed by atoms with Gasteiger partial charge in [0.15, 0.2) is 11.3 Å². The fourth-order valence-corrected chi connectivity index (χ4v) is 2.21. The summed E-state index contributed by atoms with van der Waals surface area (Å²) in [7, 11) is 1.33. The van der Waals surface area contributed by atoms with E-state index in [1.54, 1.807) is 0 Å². The summed E-state index contributed by atoms with van der Waals surface area (Å²) in [4.78, 5) is 26.7. The fraction of sp³-hybridized carbons (Fsp3) is 0.500. The molecule has 1 N–H and O–H groups in total. The predicted molar refractivity (Wildman–Crippen MR) is 53.7 cm³/mol. The van der Waals surface area contributed by atoms with E-state index in [0.29, 0.717) is 13.0 Å². The zero-order valence-electron chi connectivity index (χ0n) is 8.82. The van der Waals surface area contributed by atoms with Crippen LogP contribution in [0.4, 0.5) is 0 Å². The number of methoxy groups -OCH3 is 1. The van der Waals surface area contributed by atoms with E-state index in [9.17, 15) is 9.59 Å². The summed E-state index contributed by atoms with van der Waals surface area (Å²) < 4.78 is 4.87. The van der Waals surface area contributed by atoms with Gasteiger partial charge in [-0.25, -0.2) is 0 Å². The maximum absolute atomic E-state index is 12.1. The summed E-state index contributed by atoms with van der Waals surface area (Å²) >= 11 is 0. The third kappa shape index (κ3) is 1.24. The predicted octanol–water partition coefficient (Wildman–Crippen LogP) is -0.539. The number of nitrogens with zero attached hydrogens (tertiary/aromatic N) is 2. The second-order valence-corrected chi connectivity index (χ2v) is 3.79. The van der Waals surface area contributed by atoms with Crippen LogP contribution >= 0.6 is 0 Å². The van der Waals surface area contributed by atoms with Gasteiger partial charge in [0, 0.05) is 6.08 Å². The van der Waals surface area contributed by atoms with Crippen LogP contribution in [-0.4, -0.2) is 41.3 Å².